The Morgan fingerprint density at radius 3 is 2.83 bits per heavy atom. The van der Waals surface area contributed by atoms with E-state index < -0.39 is 0 Å². The maximum absolute atomic E-state index is 12.1. The second-order valence-electron chi connectivity index (χ2n) is 4.75. The van der Waals surface area contributed by atoms with Gasteiger partial charge < -0.3 is 15.6 Å². The fourth-order valence-corrected chi connectivity index (χ4v) is 2.89. The molecular weight excluding hydrogens is 318 g/mol. The molecule has 2 unspecified atom stereocenters. The molecule has 0 spiro atoms. The van der Waals surface area contributed by atoms with Gasteiger partial charge in [-0.05, 0) is 47.7 Å². The number of carbonyl (C=O) groups excluding carboxylic acids is 1. The Balaban J connectivity index is 0.00000162. The predicted octanol–water partition coefficient (Wildman–Crippen LogP) is 2.21. The van der Waals surface area contributed by atoms with Gasteiger partial charge in [-0.1, -0.05) is 0 Å². The van der Waals surface area contributed by atoms with Crippen molar-refractivity contribution in [1.29, 1.82) is 0 Å². The number of aromatic nitrogens is 1. The molecule has 1 aromatic rings. The van der Waals surface area contributed by atoms with Crippen molar-refractivity contribution in [3.63, 3.8) is 0 Å². The standard InChI is InChI=1S/C12H18BrN3O.ClH/c1-16-7-8(13)5-11(16)12(17)15-10-4-2-3-9(14)6-10;/h5,7,9-10H,2-4,6,14H2,1H3,(H,15,17);1H. The number of carbonyl (C=O) groups is 1. The number of aryl methyl sites for hydroxylation is 1. The number of hydrogen-bond donors (Lipinski definition) is 2. The van der Waals surface area contributed by atoms with Crippen LogP contribution in [-0.2, 0) is 7.05 Å². The molecule has 0 saturated heterocycles. The molecule has 1 aromatic heterocycles. The Kier molecular flexibility index (Phi) is 5.69. The lowest BCUT2D eigenvalue weighted by Gasteiger charge is -2.27. The number of nitrogens with one attached hydrogen (secondary N) is 1. The monoisotopic (exact) mass is 335 g/mol. The minimum Gasteiger partial charge on any atom is -0.348 e. The fraction of sp³-hybridized carbons (Fsp3) is 0.583. The van der Waals surface area contributed by atoms with Crippen molar-refractivity contribution in [2.24, 2.45) is 12.8 Å². The molecule has 2 rings (SSSR count). The lowest BCUT2D eigenvalue weighted by Crippen LogP contribution is -2.42. The number of rotatable bonds is 2. The first kappa shape index (κ1) is 15.5. The first-order valence-electron chi connectivity index (χ1n) is 5.94. The summed E-state index contributed by atoms with van der Waals surface area (Å²) in [7, 11) is 1.87. The van der Waals surface area contributed by atoms with Gasteiger partial charge in [-0.15, -0.1) is 12.4 Å². The molecule has 0 bridgehead atoms. The molecule has 1 amide bonds. The summed E-state index contributed by atoms with van der Waals surface area (Å²) in [6.45, 7) is 0. The van der Waals surface area contributed by atoms with Crippen LogP contribution in [0.5, 0.6) is 0 Å². The van der Waals surface area contributed by atoms with E-state index in [1.54, 1.807) is 0 Å². The molecule has 2 atom stereocenters. The maximum atomic E-state index is 12.1. The molecule has 1 aliphatic rings. The highest BCUT2D eigenvalue weighted by Crippen LogP contribution is 2.18. The Morgan fingerprint density at radius 2 is 2.28 bits per heavy atom. The first-order chi connectivity index (χ1) is 8.06. The van der Waals surface area contributed by atoms with Gasteiger partial charge in [0.05, 0.1) is 0 Å². The van der Waals surface area contributed by atoms with Crippen LogP contribution < -0.4 is 11.1 Å². The second-order valence-corrected chi connectivity index (χ2v) is 5.67. The van der Waals surface area contributed by atoms with Crippen molar-refractivity contribution in [3.05, 3.63) is 22.4 Å². The fourth-order valence-electron chi connectivity index (χ4n) is 2.37. The molecule has 3 N–H and O–H groups in total. The summed E-state index contributed by atoms with van der Waals surface area (Å²) in [5.41, 5.74) is 6.59. The highest BCUT2D eigenvalue weighted by atomic mass is 79.9. The molecule has 18 heavy (non-hydrogen) atoms. The van der Waals surface area contributed by atoms with Gasteiger partial charge in [-0.3, -0.25) is 4.79 Å². The number of hydrogen-bond acceptors (Lipinski definition) is 2. The molecule has 0 aliphatic heterocycles. The minimum atomic E-state index is -0.0164. The Labute approximate surface area is 122 Å². The lowest BCUT2D eigenvalue weighted by molar-refractivity contribution is 0.0917. The molecule has 1 heterocycles. The van der Waals surface area contributed by atoms with Crippen molar-refractivity contribution in [2.45, 2.75) is 37.8 Å². The van der Waals surface area contributed by atoms with E-state index in [-0.39, 0.29) is 30.4 Å². The van der Waals surface area contributed by atoms with E-state index in [0.717, 1.165) is 30.2 Å². The van der Waals surface area contributed by atoms with Gasteiger partial charge in [-0.2, -0.15) is 0 Å². The zero-order chi connectivity index (χ0) is 12.4. The molecule has 4 nitrogen and oxygen atoms in total. The number of amides is 1. The minimum absolute atomic E-state index is 0. The quantitative estimate of drug-likeness (QED) is 0.870. The third-order valence-electron chi connectivity index (χ3n) is 3.25. The van der Waals surface area contributed by atoms with Crippen LogP contribution in [-0.4, -0.2) is 22.6 Å². The van der Waals surface area contributed by atoms with E-state index in [9.17, 15) is 4.79 Å². The lowest BCUT2D eigenvalue weighted by atomic mass is 9.91. The SMILES string of the molecule is Cl.Cn1cc(Br)cc1C(=O)NC1CCCC(N)C1. The van der Waals surface area contributed by atoms with Crippen LogP contribution >= 0.6 is 28.3 Å². The van der Waals surface area contributed by atoms with Crippen molar-refractivity contribution in [2.75, 3.05) is 0 Å². The summed E-state index contributed by atoms with van der Waals surface area (Å²) in [5, 5.41) is 3.06. The number of nitrogens with zero attached hydrogens (tertiary/aromatic N) is 1. The molecule has 1 fully saturated rings. The van der Waals surface area contributed by atoms with Crippen molar-refractivity contribution < 1.29 is 4.79 Å². The maximum Gasteiger partial charge on any atom is 0.268 e. The van der Waals surface area contributed by atoms with E-state index >= 15 is 0 Å². The van der Waals surface area contributed by atoms with Crippen molar-refractivity contribution in [1.82, 2.24) is 9.88 Å². The smallest absolute Gasteiger partial charge is 0.268 e. The van der Waals surface area contributed by atoms with Crippen LogP contribution in [0.1, 0.15) is 36.2 Å². The molecule has 1 aliphatic carbocycles. The molecule has 1 saturated carbocycles. The van der Waals surface area contributed by atoms with E-state index in [1.807, 2.05) is 23.9 Å². The summed E-state index contributed by atoms with van der Waals surface area (Å²) < 4.78 is 2.74. The van der Waals surface area contributed by atoms with E-state index in [0.29, 0.717) is 5.69 Å². The number of nitrogens with two attached hydrogens (primary N) is 1. The first-order valence-corrected chi connectivity index (χ1v) is 6.74. The van der Waals surface area contributed by atoms with E-state index in [1.165, 1.54) is 0 Å². The Hall–Kier alpha value is -0.520. The highest BCUT2D eigenvalue weighted by molar-refractivity contribution is 9.10. The van der Waals surface area contributed by atoms with Crippen LogP contribution in [0.15, 0.2) is 16.7 Å². The summed E-state index contributed by atoms with van der Waals surface area (Å²) >= 11 is 3.37. The van der Waals surface area contributed by atoms with Crippen LogP contribution in [0.4, 0.5) is 0 Å². The Bertz CT molecular complexity index is 421. The van der Waals surface area contributed by atoms with Crippen LogP contribution in [0.25, 0.3) is 0 Å². The van der Waals surface area contributed by atoms with Gasteiger partial charge >= 0.3 is 0 Å². The normalized spacial score (nSPS) is 23.3. The zero-order valence-electron chi connectivity index (χ0n) is 10.4. The summed E-state index contributed by atoms with van der Waals surface area (Å²) in [6, 6.07) is 2.28. The molecule has 6 heteroatoms. The summed E-state index contributed by atoms with van der Waals surface area (Å²) in [6.07, 6.45) is 5.97. The molecule has 102 valence electrons. The van der Waals surface area contributed by atoms with Crippen LogP contribution in [0, 0.1) is 0 Å². The summed E-state index contributed by atoms with van der Waals surface area (Å²) in [4.78, 5) is 12.1. The van der Waals surface area contributed by atoms with Gasteiger partial charge in [0, 0.05) is 29.8 Å². The summed E-state index contributed by atoms with van der Waals surface area (Å²) in [5.74, 6) is -0.0164. The van der Waals surface area contributed by atoms with Gasteiger partial charge in [0.25, 0.3) is 5.91 Å². The highest BCUT2D eigenvalue weighted by Gasteiger charge is 2.22. The van der Waals surface area contributed by atoms with Crippen LogP contribution in [0.2, 0.25) is 0 Å². The second kappa shape index (κ2) is 6.59. The number of halogens is 2. The topological polar surface area (TPSA) is 60.0 Å². The average Bonchev–Trinajstić information content (AvgIpc) is 2.58. The molecule has 0 aromatic carbocycles. The third-order valence-corrected chi connectivity index (χ3v) is 3.69. The average molecular weight is 337 g/mol. The zero-order valence-corrected chi connectivity index (χ0v) is 12.8. The third kappa shape index (κ3) is 3.73. The van der Waals surface area contributed by atoms with Crippen LogP contribution in [0.3, 0.4) is 0 Å². The van der Waals surface area contributed by atoms with E-state index in [4.69, 9.17) is 5.73 Å². The molecule has 0 radical (unpaired) electrons. The Morgan fingerprint density at radius 1 is 1.56 bits per heavy atom. The van der Waals surface area contributed by atoms with Gasteiger partial charge in [-0.25, -0.2) is 0 Å². The largest absolute Gasteiger partial charge is 0.348 e. The van der Waals surface area contributed by atoms with Crippen molar-refractivity contribution in [3.8, 4) is 0 Å². The van der Waals surface area contributed by atoms with Gasteiger partial charge in [0.2, 0.25) is 0 Å². The predicted molar refractivity (Wildman–Crippen MR) is 78.1 cm³/mol. The molecular formula is C12H19BrClN3O. The van der Waals surface area contributed by atoms with Crippen molar-refractivity contribution >= 4 is 34.2 Å². The van der Waals surface area contributed by atoms with E-state index in [2.05, 4.69) is 21.2 Å². The van der Waals surface area contributed by atoms with Gasteiger partial charge in [0.15, 0.2) is 0 Å². The van der Waals surface area contributed by atoms with Gasteiger partial charge in [0.1, 0.15) is 5.69 Å².